The summed E-state index contributed by atoms with van der Waals surface area (Å²) in [5.41, 5.74) is 0. The van der Waals surface area contributed by atoms with E-state index in [2.05, 4.69) is 12.2 Å². The van der Waals surface area contributed by atoms with Crippen molar-refractivity contribution < 1.29 is 18.1 Å². The molecule has 1 aliphatic rings. The van der Waals surface area contributed by atoms with Crippen LogP contribution in [0.2, 0.25) is 0 Å². The third kappa shape index (κ3) is 4.48. The van der Waals surface area contributed by atoms with Gasteiger partial charge in [-0.05, 0) is 29.8 Å². The van der Waals surface area contributed by atoms with Crippen LogP contribution in [0.1, 0.15) is 19.8 Å². The fourth-order valence-corrected chi connectivity index (χ4v) is 4.95. The monoisotopic (exact) mass is 390 g/mol. The molecule has 1 fully saturated rings. The highest BCUT2D eigenvalue weighted by molar-refractivity contribution is 7.89. The van der Waals surface area contributed by atoms with Gasteiger partial charge in [0.2, 0.25) is 15.9 Å². The van der Waals surface area contributed by atoms with Crippen LogP contribution in [0.5, 0.6) is 0 Å². The van der Waals surface area contributed by atoms with Gasteiger partial charge >= 0.3 is 0 Å². The molecule has 2 N–H and O–H groups in total. The van der Waals surface area contributed by atoms with Gasteiger partial charge in [0.15, 0.2) is 0 Å². The van der Waals surface area contributed by atoms with Gasteiger partial charge in [-0.15, -0.1) is 0 Å². The molecule has 3 rings (SSSR count). The van der Waals surface area contributed by atoms with E-state index in [1.807, 2.05) is 24.3 Å². The van der Waals surface area contributed by atoms with Crippen LogP contribution >= 0.6 is 0 Å². The average Bonchev–Trinajstić information content (AvgIpc) is 3.13. The molecule has 27 heavy (non-hydrogen) atoms. The average molecular weight is 391 g/mol. The van der Waals surface area contributed by atoms with Crippen LogP contribution in [0, 0.1) is 0 Å². The van der Waals surface area contributed by atoms with Crippen molar-refractivity contribution >= 4 is 26.7 Å². The lowest BCUT2D eigenvalue weighted by molar-refractivity contribution is -0.909. The highest BCUT2D eigenvalue weighted by Crippen LogP contribution is 2.21. The maximum absolute atomic E-state index is 12.8. The van der Waals surface area contributed by atoms with Gasteiger partial charge in [0, 0.05) is 19.9 Å². The van der Waals surface area contributed by atoms with E-state index in [4.69, 9.17) is 0 Å². The Morgan fingerprint density at radius 3 is 2.70 bits per heavy atom. The van der Waals surface area contributed by atoms with Crippen molar-refractivity contribution in [1.29, 1.82) is 0 Å². The Hall–Kier alpha value is -1.96. The number of nitrogens with one attached hydrogen (secondary N) is 2. The van der Waals surface area contributed by atoms with Crippen LogP contribution in [-0.2, 0) is 14.8 Å². The zero-order valence-corrected chi connectivity index (χ0v) is 16.8. The molecular weight excluding hydrogens is 362 g/mol. The van der Waals surface area contributed by atoms with E-state index in [0.29, 0.717) is 12.6 Å². The Balaban J connectivity index is 1.63. The Kier molecular flexibility index (Phi) is 6.14. The van der Waals surface area contributed by atoms with E-state index in [1.165, 1.54) is 18.4 Å². The van der Waals surface area contributed by atoms with Crippen molar-refractivity contribution in [3.63, 3.8) is 0 Å². The molecule has 1 saturated heterocycles. The molecule has 0 radical (unpaired) electrons. The number of fused-ring (bicyclic) bond motifs is 1. The maximum atomic E-state index is 12.8. The van der Waals surface area contributed by atoms with Gasteiger partial charge in [-0.3, -0.25) is 4.79 Å². The molecule has 2 atom stereocenters. The second kappa shape index (κ2) is 8.37. The minimum absolute atomic E-state index is 0.177. The van der Waals surface area contributed by atoms with Gasteiger partial charge in [0.1, 0.15) is 6.04 Å². The number of nitrogens with zero attached hydrogens (tertiary/aromatic N) is 1. The molecule has 2 aromatic rings. The number of rotatable bonds is 7. The number of sulfonamides is 1. The number of benzene rings is 2. The van der Waals surface area contributed by atoms with Crippen LogP contribution in [-0.4, -0.2) is 57.9 Å². The smallest absolute Gasteiger partial charge is 0.243 e. The minimum Gasteiger partial charge on any atom is -0.349 e. The van der Waals surface area contributed by atoms with E-state index in [9.17, 15) is 13.2 Å². The van der Waals surface area contributed by atoms with Gasteiger partial charge in [0.25, 0.3) is 0 Å². The lowest BCUT2D eigenvalue weighted by Gasteiger charge is -2.21. The highest BCUT2D eigenvalue weighted by atomic mass is 32.2. The maximum Gasteiger partial charge on any atom is 0.243 e. The largest absolute Gasteiger partial charge is 0.349 e. The zero-order valence-electron chi connectivity index (χ0n) is 15.9. The Morgan fingerprint density at radius 1 is 1.22 bits per heavy atom. The van der Waals surface area contributed by atoms with Gasteiger partial charge in [-0.1, -0.05) is 30.3 Å². The lowest BCUT2D eigenvalue weighted by atomic mass is 10.1. The summed E-state index contributed by atoms with van der Waals surface area (Å²) in [6.45, 7) is 4.78. The summed E-state index contributed by atoms with van der Waals surface area (Å²) in [5.74, 6) is -0.260. The first-order valence-corrected chi connectivity index (χ1v) is 10.9. The van der Waals surface area contributed by atoms with E-state index >= 15 is 0 Å². The minimum atomic E-state index is -3.71. The van der Waals surface area contributed by atoms with Crippen molar-refractivity contribution in [2.45, 2.75) is 30.7 Å². The van der Waals surface area contributed by atoms with Gasteiger partial charge in [0.05, 0.1) is 31.1 Å². The van der Waals surface area contributed by atoms with Gasteiger partial charge in [-0.2, -0.15) is 4.31 Å². The second-order valence-corrected chi connectivity index (χ2v) is 9.22. The highest BCUT2D eigenvalue weighted by Gasteiger charge is 2.28. The number of amides is 1. The third-order valence-corrected chi connectivity index (χ3v) is 7.22. The predicted octanol–water partition coefficient (Wildman–Crippen LogP) is 0.644. The first-order valence-electron chi connectivity index (χ1n) is 9.48. The summed E-state index contributed by atoms with van der Waals surface area (Å²) in [5, 5.41) is 4.75. The second-order valence-electron chi connectivity index (χ2n) is 7.18. The summed E-state index contributed by atoms with van der Waals surface area (Å²) in [7, 11) is -2.26. The Morgan fingerprint density at radius 2 is 1.96 bits per heavy atom. The van der Waals surface area contributed by atoms with Crippen LogP contribution in [0.25, 0.3) is 10.8 Å². The quantitative estimate of drug-likeness (QED) is 0.729. The number of carbonyl (C=O) groups excluding carboxylic acids is 1. The summed E-state index contributed by atoms with van der Waals surface area (Å²) in [6, 6.07) is 13.1. The van der Waals surface area contributed by atoms with Crippen LogP contribution < -0.4 is 10.2 Å². The third-order valence-electron chi connectivity index (χ3n) is 5.42. The number of quaternary nitrogens is 1. The molecule has 146 valence electrons. The van der Waals surface area contributed by atoms with Crippen molar-refractivity contribution in [1.82, 2.24) is 9.62 Å². The topological polar surface area (TPSA) is 70.9 Å². The van der Waals surface area contributed by atoms with E-state index < -0.39 is 10.0 Å². The molecule has 1 aliphatic heterocycles. The molecular formula is C20H28N3O3S+. The van der Waals surface area contributed by atoms with Gasteiger partial charge in [-0.25, -0.2) is 8.42 Å². The summed E-state index contributed by atoms with van der Waals surface area (Å²) < 4.78 is 26.7. The van der Waals surface area contributed by atoms with Gasteiger partial charge < -0.3 is 10.2 Å². The standard InChI is InChI=1S/C20H27N3O3S/c1-3-23-12-6-9-18(23)14-21-20(24)15-22(2)27(25,26)19-11-10-16-7-4-5-8-17(16)13-19/h4-5,7-8,10-11,13,18H,3,6,9,12,14-15H2,1-2H3,(H,21,24)/p+1/t18-/m1/s1. The summed E-state index contributed by atoms with van der Waals surface area (Å²) in [4.78, 5) is 14.0. The van der Waals surface area contributed by atoms with Crippen LogP contribution in [0.3, 0.4) is 0 Å². The molecule has 1 heterocycles. The lowest BCUT2D eigenvalue weighted by Crippen LogP contribution is -3.14. The number of likely N-dealkylation sites (N-methyl/N-ethyl adjacent to an activating group) is 2. The predicted molar refractivity (Wildman–Crippen MR) is 106 cm³/mol. The molecule has 0 spiro atoms. The molecule has 0 saturated carbocycles. The fourth-order valence-electron chi connectivity index (χ4n) is 3.78. The van der Waals surface area contributed by atoms with Crippen molar-refractivity contribution in [2.24, 2.45) is 0 Å². The molecule has 0 aliphatic carbocycles. The molecule has 1 amide bonds. The fraction of sp³-hybridized carbons (Fsp3) is 0.450. The zero-order chi connectivity index (χ0) is 19.4. The van der Waals surface area contributed by atoms with Crippen LogP contribution in [0.15, 0.2) is 47.4 Å². The number of hydrogen-bond acceptors (Lipinski definition) is 3. The normalized spacial score (nSPS) is 20.3. The first kappa shape index (κ1) is 19.8. The number of likely N-dealkylation sites (tertiary alicyclic amines) is 1. The molecule has 0 aromatic heterocycles. The SMILES string of the molecule is CC[NH+]1CCC[C@@H]1CNC(=O)CN(C)S(=O)(=O)c1ccc2ccccc2c1. The van der Waals surface area contributed by atoms with Crippen LogP contribution in [0.4, 0.5) is 0 Å². The molecule has 6 nitrogen and oxygen atoms in total. The Labute approximate surface area is 161 Å². The number of hydrogen-bond donors (Lipinski definition) is 2. The number of carbonyl (C=O) groups is 1. The Bertz CT molecular complexity index is 914. The van der Waals surface area contributed by atoms with Crippen molar-refractivity contribution in [2.75, 3.05) is 33.2 Å². The first-order chi connectivity index (χ1) is 12.9. The summed E-state index contributed by atoms with van der Waals surface area (Å²) in [6.07, 6.45) is 2.29. The van der Waals surface area contributed by atoms with Crippen molar-refractivity contribution in [3.8, 4) is 0 Å². The van der Waals surface area contributed by atoms with E-state index in [1.54, 1.807) is 18.2 Å². The molecule has 0 bridgehead atoms. The summed E-state index contributed by atoms with van der Waals surface area (Å²) >= 11 is 0. The van der Waals surface area contributed by atoms with Crippen molar-refractivity contribution in [3.05, 3.63) is 42.5 Å². The molecule has 7 heteroatoms. The molecule has 2 aromatic carbocycles. The van der Waals surface area contributed by atoms with E-state index in [0.717, 1.165) is 34.6 Å². The molecule has 1 unspecified atom stereocenters. The van der Waals surface area contributed by atoms with E-state index in [-0.39, 0.29) is 17.3 Å².